The summed E-state index contributed by atoms with van der Waals surface area (Å²) < 4.78 is 4.89. The van der Waals surface area contributed by atoms with Crippen LogP contribution in [0, 0.1) is 0 Å². The predicted molar refractivity (Wildman–Crippen MR) is 55.3 cm³/mol. The topological polar surface area (TPSA) is 42.4 Å². The lowest BCUT2D eigenvalue weighted by atomic mass is 10.1. The molecule has 1 heterocycles. The largest absolute Gasteiger partial charge is 0.387 e. The Hall–Kier alpha value is -0.640. The van der Waals surface area contributed by atoms with Crippen LogP contribution in [-0.2, 0) is 4.74 Å². The molecule has 1 aromatic heterocycles. The molecule has 0 aliphatic heterocycles. The second kappa shape index (κ2) is 5.96. The molecule has 3 nitrogen and oxygen atoms in total. The van der Waals surface area contributed by atoms with Crippen LogP contribution in [0.4, 0.5) is 0 Å². The highest BCUT2D eigenvalue weighted by molar-refractivity contribution is 6.30. The number of hydrogen-bond donors (Lipinski definition) is 1. The van der Waals surface area contributed by atoms with Gasteiger partial charge >= 0.3 is 0 Å². The number of pyridine rings is 1. The van der Waals surface area contributed by atoms with E-state index >= 15 is 0 Å². The second-order valence-electron chi connectivity index (χ2n) is 3.05. The van der Waals surface area contributed by atoms with Gasteiger partial charge in [0, 0.05) is 19.9 Å². The quantitative estimate of drug-likeness (QED) is 0.766. The van der Waals surface area contributed by atoms with Crippen molar-refractivity contribution in [2.45, 2.75) is 18.9 Å². The maximum absolute atomic E-state index is 9.68. The fourth-order valence-electron chi connectivity index (χ4n) is 1.15. The van der Waals surface area contributed by atoms with Gasteiger partial charge in [-0.05, 0) is 25.0 Å². The molecule has 1 atom stereocenters. The van der Waals surface area contributed by atoms with E-state index < -0.39 is 6.10 Å². The van der Waals surface area contributed by atoms with Crippen molar-refractivity contribution >= 4 is 11.6 Å². The van der Waals surface area contributed by atoms with Crippen molar-refractivity contribution < 1.29 is 9.84 Å². The van der Waals surface area contributed by atoms with Crippen molar-refractivity contribution in [3.63, 3.8) is 0 Å². The van der Waals surface area contributed by atoms with Gasteiger partial charge in [0.05, 0.1) is 16.8 Å². The number of nitrogens with zero attached hydrogens (tertiary/aromatic N) is 1. The lowest BCUT2D eigenvalue weighted by molar-refractivity contribution is 0.133. The summed E-state index contributed by atoms with van der Waals surface area (Å²) in [6.45, 7) is 0.657. The molecular weight excluding hydrogens is 202 g/mol. The van der Waals surface area contributed by atoms with E-state index in [1.165, 1.54) is 6.20 Å². The molecule has 0 saturated heterocycles. The van der Waals surface area contributed by atoms with Gasteiger partial charge in [0.15, 0.2) is 0 Å². The molecule has 78 valence electrons. The van der Waals surface area contributed by atoms with Crippen molar-refractivity contribution in [2.75, 3.05) is 13.7 Å². The molecular formula is C10H14ClNO2. The van der Waals surface area contributed by atoms with Gasteiger partial charge in [-0.1, -0.05) is 11.6 Å². The number of aromatic nitrogens is 1. The summed E-state index contributed by atoms with van der Waals surface area (Å²) >= 11 is 5.68. The van der Waals surface area contributed by atoms with Gasteiger partial charge in [0.25, 0.3) is 0 Å². The average molecular weight is 216 g/mol. The zero-order valence-electron chi connectivity index (χ0n) is 8.11. The van der Waals surface area contributed by atoms with Crippen LogP contribution < -0.4 is 0 Å². The van der Waals surface area contributed by atoms with E-state index in [2.05, 4.69) is 4.98 Å². The predicted octanol–water partition coefficient (Wildman–Crippen LogP) is 2.20. The number of halogens is 1. The molecule has 0 radical (unpaired) electrons. The Balaban J connectivity index is 2.43. The van der Waals surface area contributed by atoms with Crippen LogP contribution >= 0.6 is 11.6 Å². The third-order valence-electron chi connectivity index (χ3n) is 1.92. The monoisotopic (exact) mass is 215 g/mol. The van der Waals surface area contributed by atoms with Gasteiger partial charge < -0.3 is 9.84 Å². The van der Waals surface area contributed by atoms with Crippen molar-refractivity contribution in [3.8, 4) is 0 Å². The highest BCUT2D eigenvalue weighted by Crippen LogP contribution is 2.17. The third kappa shape index (κ3) is 3.62. The minimum atomic E-state index is -0.526. The van der Waals surface area contributed by atoms with Gasteiger partial charge in [-0.25, -0.2) is 0 Å². The van der Waals surface area contributed by atoms with Crippen molar-refractivity contribution in [1.29, 1.82) is 0 Å². The lowest BCUT2D eigenvalue weighted by Crippen LogP contribution is -2.01. The second-order valence-corrected chi connectivity index (χ2v) is 3.49. The van der Waals surface area contributed by atoms with Crippen molar-refractivity contribution in [3.05, 3.63) is 29.0 Å². The Bertz CT molecular complexity index is 263. The fraction of sp³-hybridized carbons (Fsp3) is 0.500. The highest BCUT2D eigenvalue weighted by atomic mass is 35.5. The molecule has 1 unspecified atom stereocenters. The van der Waals surface area contributed by atoms with Gasteiger partial charge in [0.1, 0.15) is 0 Å². The summed E-state index contributed by atoms with van der Waals surface area (Å²) in [5, 5.41) is 10.3. The van der Waals surface area contributed by atoms with Crippen LogP contribution in [0.1, 0.15) is 24.6 Å². The first-order valence-electron chi connectivity index (χ1n) is 4.52. The number of hydrogen-bond acceptors (Lipinski definition) is 3. The molecule has 0 fully saturated rings. The summed E-state index contributed by atoms with van der Waals surface area (Å²) in [6.07, 6.45) is 2.49. The zero-order valence-corrected chi connectivity index (χ0v) is 8.87. The van der Waals surface area contributed by atoms with E-state index in [0.717, 1.165) is 6.42 Å². The molecule has 0 saturated carbocycles. The van der Waals surface area contributed by atoms with Crippen LogP contribution in [0.2, 0.25) is 5.02 Å². The first-order chi connectivity index (χ1) is 6.74. The Morgan fingerprint density at radius 2 is 2.36 bits per heavy atom. The molecule has 1 rings (SSSR count). The number of aliphatic hydroxyl groups excluding tert-OH is 1. The van der Waals surface area contributed by atoms with E-state index in [-0.39, 0.29) is 0 Å². The molecule has 0 amide bonds. The Morgan fingerprint density at radius 3 is 2.93 bits per heavy atom. The number of rotatable bonds is 5. The summed E-state index contributed by atoms with van der Waals surface area (Å²) in [5.74, 6) is 0. The number of ether oxygens (including phenoxy) is 1. The van der Waals surface area contributed by atoms with E-state index in [4.69, 9.17) is 16.3 Å². The normalized spacial score (nSPS) is 12.8. The van der Waals surface area contributed by atoms with Gasteiger partial charge in [-0.3, -0.25) is 4.98 Å². The third-order valence-corrected chi connectivity index (χ3v) is 2.14. The molecule has 1 N–H and O–H groups in total. The summed E-state index contributed by atoms with van der Waals surface area (Å²) in [6, 6.07) is 3.46. The maximum Gasteiger partial charge on any atom is 0.0960 e. The molecule has 1 aromatic rings. The van der Waals surface area contributed by atoms with E-state index in [1.54, 1.807) is 19.2 Å². The van der Waals surface area contributed by atoms with E-state index in [9.17, 15) is 5.11 Å². The lowest BCUT2D eigenvalue weighted by Gasteiger charge is -2.09. The van der Waals surface area contributed by atoms with Crippen molar-refractivity contribution in [1.82, 2.24) is 4.98 Å². The summed E-state index contributed by atoms with van der Waals surface area (Å²) in [7, 11) is 1.65. The van der Waals surface area contributed by atoms with Gasteiger partial charge in [-0.2, -0.15) is 0 Å². The molecule has 0 aliphatic rings. The summed E-state index contributed by atoms with van der Waals surface area (Å²) in [4.78, 5) is 4.03. The highest BCUT2D eigenvalue weighted by Gasteiger charge is 2.07. The van der Waals surface area contributed by atoms with E-state index in [1.807, 2.05) is 0 Å². The van der Waals surface area contributed by atoms with Crippen LogP contribution in [0.5, 0.6) is 0 Å². The Kier molecular flexibility index (Phi) is 4.87. The summed E-state index contributed by atoms with van der Waals surface area (Å²) in [5.41, 5.74) is 0.658. The molecule has 4 heteroatoms. The Labute approximate surface area is 88.7 Å². The van der Waals surface area contributed by atoms with Crippen LogP contribution in [-0.4, -0.2) is 23.8 Å². The molecule has 14 heavy (non-hydrogen) atoms. The molecule has 0 bridgehead atoms. The van der Waals surface area contributed by atoms with Crippen LogP contribution in [0.15, 0.2) is 18.3 Å². The van der Waals surface area contributed by atoms with E-state index in [0.29, 0.717) is 23.7 Å². The minimum Gasteiger partial charge on any atom is -0.387 e. The first kappa shape index (κ1) is 11.4. The number of aliphatic hydroxyl groups is 1. The molecule has 0 spiro atoms. The van der Waals surface area contributed by atoms with Crippen LogP contribution in [0.3, 0.4) is 0 Å². The Morgan fingerprint density at radius 1 is 1.57 bits per heavy atom. The van der Waals surface area contributed by atoms with Gasteiger partial charge in [0.2, 0.25) is 0 Å². The standard InChI is InChI=1S/C10H14ClNO2/c1-14-6-2-3-10(13)9-5-4-8(11)7-12-9/h4-5,7,10,13H,2-3,6H2,1H3. The zero-order chi connectivity index (χ0) is 10.4. The SMILES string of the molecule is COCCCC(O)c1ccc(Cl)cn1. The van der Waals surface area contributed by atoms with Gasteiger partial charge in [-0.15, -0.1) is 0 Å². The molecule has 0 aromatic carbocycles. The van der Waals surface area contributed by atoms with Crippen LogP contribution in [0.25, 0.3) is 0 Å². The molecule has 0 aliphatic carbocycles. The van der Waals surface area contributed by atoms with Crippen molar-refractivity contribution in [2.24, 2.45) is 0 Å². The average Bonchev–Trinajstić information content (AvgIpc) is 2.19. The first-order valence-corrected chi connectivity index (χ1v) is 4.90. The number of methoxy groups -OCH3 is 1. The maximum atomic E-state index is 9.68. The smallest absolute Gasteiger partial charge is 0.0960 e. The minimum absolute atomic E-state index is 0.526. The fourth-order valence-corrected chi connectivity index (χ4v) is 1.27.